The van der Waals surface area contributed by atoms with E-state index in [1.165, 1.54) is 27.7 Å². The van der Waals surface area contributed by atoms with Crippen LogP contribution in [0.15, 0.2) is 23.7 Å². The van der Waals surface area contributed by atoms with Crippen molar-refractivity contribution in [3.63, 3.8) is 0 Å². The minimum absolute atomic E-state index is 0.00463. The van der Waals surface area contributed by atoms with E-state index in [4.69, 9.17) is 3.79 Å². The van der Waals surface area contributed by atoms with Crippen molar-refractivity contribution in [3.8, 4) is 0 Å². The van der Waals surface area contributed by atoms with E-state index in [1.54, 1.807) is 0 Å². The molecule has 0 bridgehead atoms. The molecule has 0 saturated carbocycles. The SMILES string of the molecule is CC(=O)/C=C(/C)[O-].CC(=O)/C=C(/C)[O-].CC(C)(C)[O][Al+2]. The predicted molar refractivity (Wildman–Crippen MR) is 75.5 cm³/mol. The molecule has 0 saturated heterocycles. The number of carbonyl (C=O) groups excluding carboxylic acids is 2. The van der Waals surface area contributed by atoms with Gasteiger partial charge in [0.05, 0.1) is 0 Å². The summed E-state index contributed by atoms with van der Waals surface area (Å²) in [7, 11) is 0. The van der Waals surface area contributed by atoms with Gasteiger partial charge in [0.1, 0.15) is 0 Å². The summed E-state index contributed by atoms with van der Waals surface area (Å²) in [4.78, 5) is 20.0. The molecule has 112 valence electrons. The van der Waals surface area contributed by atoms with Gasteiger partial charge in [0.25, 0.3) is 0 Å². The molecule has 0 rings (SSSR count). The average Bonchev–Trinajstić information content (AvgIpc) is 2.13. The number of hydrogen-bond acceptors (Lipinski definition) is 5. The second-order valence-electron chi connectivity index (χ2n) is 4.96. The summed E-state index contributed by atoms with van der Waals surface area (Å²) >= 11 is 2.22. The van der Waals surface area contributed by atoms with Crippen molar-refractivity contribution in [1.82, 2.24) is 0 Å². The van der Waals surface area contributed by atoms with Crippen LogP contribution in [0.3, 0.4) is 0 Å². The monoisotopic (exact) mass is 298 g/mol. The normalized spacial score (nSPS) is 11.7. The molecule has 20 heavy (non-hydrogen) atoms. The van der Waals surface area contributed by atoms with Crippen LogP contribution in [-0.2, 0) is 13.4 Å². The number of ketones is 2. The van der Waals surface area contributed by atoms with Gasteiger partial charge in [-0.25, -0.2) is 0 Å². The second kappa shape index (κ2) is 12.9. The topological polar surface area (TPSA) is 89.5 Å². The molecule has 0 aromatic carbocycles. The zero-order chi connectivity index (χ0) is 16.9. The molecule has 0 unspecified atom stereocenters. The van der Waals surface area contributed by atoms with Gasteiger partial charge < -0.3 is 10.2 Å². The van der Waals surface area contributed by atoms with Crippen LogP contribution in [-0.4, -0.2) is 33.8 Å². The zero-order valence-corrected chi connectivity index (χ0v) is 14.4. The van der Waals surface area contributed by atoms with Gasteiger partial charge in [-0.3, -0.25) is 9.59 Å². The van der Waals surface area contributed by atoms with E-state index in [1.807, 2.05) is 20.8 Å². The van der Waals surface area contributed by atoms with E-state index in [-0.39, 0.29) is 28.7 Å². The van der Waals surface area contributed by atoms with Gasteiger partial charge >= 0.3 is 46.8 Å². The summed E-state index contributed by atoms with van der Waals surface area (Å²) in [6.07, 6.45) is 2.11. The van der Waals surface area contributed by atoms with Crippen molar-refractivity contribution in [2.45, 2.75) is 54.1 Å². The molecule has 0 aliphatic carbocycles. The molecule has 0 aromatic heterocycles. The summed E-state index contributed by atoms with van der Waals surface area (Å²) in [6, 6.07) is 0. The molecule has 0 aliphatic heterocycles. The van der Waals surface area contributed by atoms with Gasteiger partial charge in [-0.05, 0) is 26.0 Å². The number of carbonyl (C=O) groups is 2. The molecular formula is C14H23AlO5. The van der Waals surface area contributed by atoms with Crippen LogP contribution in [0.25, 0.3) is 0 Å². The Hall–Kier alpha value is -1.09. The van der Waals surface area contributed by atoms with Crippen molar-refractivity contribution >= 4 is 28.2 Å². The Kier molecular flexibility index (Phi) is 15.5. The quantitative estimate of drug-likeness (QED) is 0.422. The molecule has 5 nitrogen and oxygen atoms in total. The molecule has 0 amide bonds. The van der Waals surface area contributed by atoms with Gasteiger partial charge in [-0.2, -0.15) is 0 Å². The van der Waals surface area contributed by atoms with Crippen LogP contribution in [0.4, 0.5) is 0 Å². The summed E-state index contributed by atoms with van der Waals surface area (Å²) < 4.78 is 4.85. The van der Waals surface area contributed by atoms with Crippen molar-refractivity contribution in [1.29, 1.82) is 0 Å². The van der Waals surface area contributed by atoms with Crippen LogP contribution < -0.4 is 10.2 Å². The van der Waals surface area contributed by atoms with E-state index in [9.17, 15) is 19.8 Å². The molecule has 0 aromatic rings. The molecule has 6 heteroatoms. The average molecular weight is 298 g/mol. The maximum absolute atomic E-state index is 9.98. The Bertz CT molecular complexity index is 315. The first-order valence-electron chi connectivity index (χ1n) is 5.91. The second-order valence-corrected chi connectivity index (χ2v) is 5.20. The number of rotatable bonds is 2. The Morgan fingerprint density at radius 1 is 0.900 bits per heavy atom. The summed E-state index contributed by atoms with van der Waals surface area (Å²) in [5.41, 5.74) is 0.00463. The molecule has 0 aliphatic rings. The Balaban J connectivity index is -0.000000218. The van der Waals surface area contributed by atoms with Crippen LogP contribution >= 0.6 is 0 Å². The fraction of sp³-hybridized carbons (Fsp3) is 0.571. The Morgan fingerprint density at radius 3 is 1.10 bits per heavy atom. The molecule has 0 atom stereocenters. The summed E-state index contributed by atoms with van der Waals surface area (Å²) in [5, 5.41) is 20.0. The molecular weight excluding hydrogens is 275 g/mol. The van der Waals surface area contributed by atoms with Gasteiger partial charge in [-0.1, -0.05) is 13.8 Å². The van der Waals surface area contributed by atoms with Gasteiger partial charge in [0.2, 0.25) is 0 Å². The van der Waals surface area contributed by atoms with E-state index in [0.717, 1.165) is 12.2 Å². The van der Waals surface area contributed by atoms with E-state index in [2.05, 4.69) is 16.6 Å². The Morgan fingerprint density at radius 2 is 1.10 bits per heavy atom. The third-order valence-electron chi connectivity index (χ3n) is 1.17. The molecule has 0 spiro atoms. The third kappa shape index (κ3) is 43.6. The fourth-order valence-electron chi connectivity index (χ4n) is 0.572. The van der Waals surface area contributed by atoms with E-state index in [0.29, 0.717) is 0 Å². The zero-order valence-electron chi connectivity index (χ0n) is 13.3. The molecule has 0 radical (unpaired) electrons. The maximum atomic E-state index is 9.98. The Labute approximate surface area is 130 Å². The van der Waals surface area contributed by atoms with Crippen molar-refractivity contribution in [2.24, 2.45) is 0 Å². The van der Waals surface area contributed by atoms with Gasteiger partial charge in [0.15, 0.2) is 11.6 Å². The van der Waals surface area contributed by atoms with Gasteiger partial charge in [-0.15, -0.1) is 11.5 Å². The number of allylic oxidation sites excluding steroid dienone is 4. The van der Waals surface area contributed by atoms with Crippen LogP contribution in [0, 0.1) is 0 Å². The minimum atomic E-state index is -0.187. The van der Waals surface area contributed by atoms with Crippen LogP contribution in [0.1, 0.15) is 48.5 Å². The van der Waals surface area contributed by atoms with Crippen LogP contribution in [0.2, 0.25) is 0 Å². The van der Waals surface area contributed by atoms with Crippen LogP contribution in [0.5, 0.6) is 0 Å². The summed E-state index contributed by atoms with van der Waals surface area (Å²) in [6.45, 7) is 11.4. The van der Waals surface area contributed by atoms with E-state index < -0.39 is 0 Å². The molecule has 0 N–H and O–H groups in total. The van der Waals surface area contributed by atoms with Crippen molar-refractivity contribution < 1.29 is 23.6 Å². The third-order valence-corrected chi connectivity index (χ3v) is 1.87. The van der Waals surface area contributed by atoms with E-state index >= 15 is 0 Å². The number of hydrogen-bond donors (Lipinski definition) is 0. The molecule has 0 fully saturated rings. The first kappa shape index (κ1) is 24.0. The van der Waals surface area contributed by atoms with Gasteiger partial charge in [0, 0.05) is 0 Å². The standard InChI is InChI=1S/2C5H8O2.C4H9O.Al/c2*1-4(6)3-5(2)7;1-4(2,3)5;/h2*3,6H,1-2H3;1-3H3;/q;;-1;+3/p-2/b2*4-3-;;. The van der Waals surface area contributed by atoms with Crippen molar-refractivity contribution in [2.75, 3.05) is 0 Å². The first-order valence-corrected chi connectivity index (χ1v) is 6.38. The molecule has 0 heterocycles. The fourth-order valence-corrected chi connectivity index (χ4v) is 0.572. The predicted octanol–water partition coefficient (Wildman–Crippen LogP) is 0.564. The van der Waals surface area contributed by atoms with Crippen molar-refractivity contribution in [3.05, 3.63) is 23.7 Å². The summed E-state index contributed by atoms with van der Waals surface area (Å²) in [5.74, 6) is -0.750. The first-order chi connectivity index (χ1) is 8.81.